The summed E-state index contributed by atoms with van der Waals surface area (Å²) in [4.78, 5) is 16.2. The number of anilines is 1. The van der Waals surface area contributed by atoms with Crippen LogP contribution in [0, 0.1) is 12.8 Å². The first kappa shape index (κ1) is 23.1. The van der Waals surface area contributed by atoms with E-state index in [1.54, 1.807) is 6.07 Å². The minimum Gasteiger partial charge on any atom is -0.372 e. The van der Waals surface area contributed by atoms with Crippen molar-refractivity contribution in [1.29, 1.82) is 0 Å². The highest BCUT2D eigenvalue weighted by molar-refractivity contribution is 7.72. The minimum absolute atomic E-state index is 0.152. The molecule has 1 aliphatic rings. The molecule has 168 valence electrons. The van der Waals surface area contributed by atoms with Crippen molar-refractivity contribution >= 4 is 22.3 Å². The van der Waals surface area contributed by atoms with Gasteiger partial charge in [0, 0.05) is 23.2 Å². The molecule has 3 atom stereocenters. The van der Waals surface area contributed by atoms with Crippen molar-refractivity contribution in [3.63, 3.8) is 0 Å². The Kier molecular flexibility index (Phi) is 6.31. The molecule has 1 aromatic heterocycles. The molecule has 0 saturated heterocycles. The highest BCUT2D eigenvalue weighted by Crippen LogP contribution is 2.54. The highest BCUT2D eigenvalue weighted by Gasteiger charge is 2.56. The molecule has 0 aliphatic heterocycles. The Balaban J connectivity index is 1.63. The van der Waals surface area contributed by atoms with Crippen LogP contribution >= 0.6 is 0 Å². The van der Waals surface area contributed by atoms with Crippen molar-refractivity contribution in [3.8, 4) is 0 Å². The Morgan fingerprint density at radius 3 is 2.55 bits per heavy atom. The number of hydrogen-bond donors (Lipinski definition) is 3. The fraction of sp³-hybridized carbons (Fsp3) is 0.429. The summed E-state index contributed by atoms with van der Waals surface area (Å²) in [7, 11) is -2.53. The summed E-state index contributed by atoms with van der Waals surface area (Å²) >= 11 is 0. The number of benzene rings is 1. The number of thiol groups is 1. The molecular weight excluding hydrogens is 431 g/mol. The number of nitrogens with zero attached hydrogens (tertiary/aromatic N) is 1. The van der Waals surface area contributed by atoms with E-state index in [0.29, 0.717) is 17.7 Å². The molecule has 3 rings (SSSR count). The van der Waals surface area contributed by atoms with Gasteiger partial charge in [0.25, 0.3) is 0 Å². The van der Waals surface area contributed by atoms with Gasteiger partial charge in [-0.2, -0.15) is 13.2 Å². The molecule has 10 heteroatoms. The molecule has 0 radical (unpaired) electrons. The third-order valence-electron chi connectivity index (χ3n) is 5.77. The second-order valence-electron chi connectivity index (χ2n) is 8.08. The summed E-state index contributed by atoms with van der Waals surface area (Å²) in [6.07, 6.45) is -2.76. The van der Waals surface area contributed by atoms with Gasteiger partial charge in [0.15, 0.2) is 10.7 Å². The number of aromatic nitrogens is 1. The number of rotatable bonds is 7. The Bertz CT molecular complexity index is 1050. The van der Waals surface area contributed by atoms with Crippen LogP contribution in [0.3, 0.4) is 0 Å². The predicted octanol–water partition coefficient (Wildman–Crippen LogP) is 3.54. The van der Waals surface area contributed by atoms with Crippen LogP contribution in [0.15, 0.2) is 36.5 Å². The van der Waals surface area contributed by atoms with Crippen molar-refractivity contribution < 1.29 is 26.4 Å². The van der Waals surface area contributed by atoms with E-state index < -0.39 is 28.0 Å². The Hall–Kier alpha value is -2.62. The normalized spacial score (nSPS) is 21.6. The van der Waals surface area contributed by atoms with Crippen LogP contribution in [0.4, 0.5) is 18.9 Å². The Morgan fingerprint density at radius 2 is 2.00 bits per heavy atom. The number of aryl methyl sites for hydroxylation is 1. The summed E-state index contributed by atoms with van der Waals surface area (Å²) in [5, 5.41) is 5.79. The largest absolute Gasteiger partial charge is 0.433 e. The minimum atomic E-state index is -4.50. The van der Waals surface area contributed by atoms with Crippen molar-refractivity contribution in [3.05, 3.63) is 58.9 Å². The zero-order chi connectivity index (χ0) is 23.0. The van der Waals surface area contributed by atoms with Gasteiger partial charge in [-0.3, -0.25) is 9.78 Å². The van der Waals surface area contributed by atoms with Crippen LogP contribution in [0.5, 0.6) is 0 Å². The van der Waals surface area contributed by atoms with Gasteiger partial charge in [-0.1, -0.05) is 25.1 Å². The SMILES string of the molecule is Cc1cc([C@@H](C)NC(=O)C2CC2(C)c2ccc(C(F)(F)F)nc2)ccc1NC[SH](=O)=O. The van der Waals surface area contributed by atoms with E-state index in [4.69, 9.17) is 0 Å². The number of hydrogen-bond acceptors (Lipinski definition) is 5. The molecule has 6 nitrogen and oxygen atoms in total. The maximum atomic E-state index is 12.7. The maximum Gasteiger partial charge on any atom is 0.433 e. The molecule has 2 unspecified atom stereocenters. The molecule has 1 saturated carbocycles. The molecule has 2 aromatic rings. The Labute approximate surface area is 180 Å². The van der Waals surface area contributed by atoms with Gasteiger partial charge < -0.3 is 10.6 Å². The lowest BCUT2D eigenvalue weighted by atomic mass is 9.96. The fourth-order valence-corrected chi connectivity index (χ4v) is 3.97. The lowest BCUT2D eigenvalue weighted by molar-refractivity contribution is -0.141. The predicted molar refractivity (Wildman–Crippen MR) is 111 cm³/mol. The number of nitrogens with one attached hydrogen (secondary N) is 2. The van der Waals surface area contributed by atoms with E-state index in [1.807, 2.05) is 32.9 Å². The molecule has 1 fully saturated rings. The zero-order valence-electron chi connectivity index (χ0n) is 17.3. The fourth-order valence-electron chi connectivity index (χ4n) is 3.67. The van der Waals surface area contributed by atoms with Crippen LogP contribution in [0.1, 0.15) is 48.7 Å². The Morgan fingerprint density at radius 1 is 1.29 bits per heavy atom. The number of pyridine rings is 1. The molecule has 1 aliphatic carbocycles. The molecular formula is C21H24F3N3O3S. The summed E-state index contributed by atoms with van der Waals surface area (Å²) in [5.74, 6) is -0.664. The van der Waals surface area contributed by atoms with E-state index in [-0.39, 0.29) is 23.7 Å². The van der Waals surface area contributed by atoms with Gasteiger partial charge in [-0.15, -0.1) is 0 Å². The van der Waals surface area contributed by atoms with E-state index in [2.05, 4.69) is 15.6 Å². The molecule has 1 aromatic carbocycles. The number of carbonyl (C=O) groups excluding carboxylic acids is 1. The third kappa shape index (κ3) is 5.17. The van der Waals surface area contributed by atoms with E-state index >= 15 is 0 Å². The second kappa shape index (κ2) is 8.49. The molecule has 1 heterocycles. The van der Waals surface area contributed by atoms with Crippen molar-refractivity contribution in [1.82, 2.24) is 10.3 Å². The summed E-state index contributed by atoms with van der Waals surface area (Å²) in [6.45, 7) is 5.53. The lowest BCUT2D eigenvalue weighted by Gasteiger charge is -2.18. The van der Waals surface area contributed by atoms with Crippen molar-refractivity contribution in [2.45, 2.75) is 44.8 Å². The average Bonchev–Trinajstić information content (AvgIpc) is 3.39. The summed E-state index contributed by atoms with van der Waals surface area (Å²) in [5.41, 5.74) is 1.52. The standard InChI is InChI=1S/C21H24F3N3O3S/c1-12-8-14(4-6-17(12)26-11-31(29)30)13(2)27-19(28)16-9-20(16,3)15-5-7-18(25-10-15)21(22,23)24/h4-8,10,13,16,26,31H,9,11H2,1-3H3,(H,27,28)/t13-,16?,20?/m1/s1. The van der Waals surface area contributed by atoms with Gasteiger partial charge in [0.1, 0.15) is 11.6 Å². The van der Waals surface area contributed by atoms with Crippen LogP contribution in [-0.2, 0) is 27.1 Å². The number of carbonyl (C=O) groups is 1. The van der Waals surface area contributed by atoms with Gasteiger partial charge in [0.2, 0.25) is 5.91 Å². The van der Waals surface area contributed by atoms with Crippen molar-refractivity contribution in [2.24, 2.45) is 5.92 Å². The molecule has 2 N–H and O–H groups in total. The number of alkyl halides is 3. The molecule has 31 heavy (non-hydrogen) atoms. The van der Waals surface area contributed by atoms with Gasteiger partial charge in [-0.25, -0.2) is 8.42 Å². The summed E-state index contributed by atoms with van der Waals surface area (Å²) in [6, 6.07) is 7.49. The van der Waals surface area contributed by atoms with E-state index in [9.17, 15) is 26.4 Å². The quantitative estimate of drug-likeness (QED) is 0.556. The maximum absolute atomic E-state index is 12.7. The van der Waals surface area contributed by atoms with Crippen LogP contribution in [0.2, 0.25) is 0 Å². The van der Waals surface area contributed by atoms with Crippen LogP contribution in [-0.4, -0.2) is 25.2 Å². The van der Waals surface area contributed by atoms with Crippen molar-refractivity contribution in [2.75, 3.05) is 11.2 Å². The van der Waals surface area contributed by atoms with Crippen LogP contribution < -0.4 is 10.6 Å². The van der Waals surface area contributed by atoms with Gasteiger partial charge >= 0.3 is 6.18 Å². The molecule has 1 amide bonds. The monoisotopic (exact) mass is 455 g/mol. The molecule has 0 spiro atoms. The first-order chi connectivity index (χ1) is 14.4. The third-order valence-corrected chi connectivity index (χ3v) is 6.19. The van der Waals surface area contributed by atoms with Gasteiger partial charge in [0.05, 0.1) is 6.04 Å². The summed E-state index contributed by atoms with van der Waals surface area (Å²) < 4.78 is 59.6. The number of halogens is 3. The second-order valence-corrected chi connectivity index (χ2v) is 9.06. The smallest absolute Gasteiger partial charge is 0.372 e. The zero-order valence-corrected chi connectivity index (χ0v) is 18.2. The highest BCUT2D eigenvalue weighted by atomic mass is 32.2. The van der Waals surface area contributed by atoms with E-state index in [0.717, 1.165) is 17.2 Å². The molecule has 0 bridgehead atoms. The lowest BCUT2D eigenvalue weighted by Crippen LogP contribution is -2.30. The van der Waals surface area contributed by atoms with Crippen LogP contribution in [0.25, 0.3) is 0 Å². The van der Waals surface area contributed by atoms with E-state index in [1.165, 1.54) is 12.3 Å². The first-order valence-corrected chi connectivity index (χ1v) is 11.1. The topological polar surface area (TPSA) is 88.2 Å². The van der Waals surface area contributed by atoms with Gasteiger partial charge in [-0.05, 0) is 49.1 Å². The average molecular weight is 456 g/mol. The first-order valence-electron chi connectivity index (χ1n) is 9.72. The number of amides is 1.